The summed E-state index contributed by atoms with van der Waals surface area (Å²) in [7, 11) is 0. The van der Waals surface area contributed by atoms with Crippen molar-refractivity contribution in [1.82, 2.24) is 20.1 Å². The molecule has 0 unspecified atom stereocenters. The number of benzene rings is 1. The van der Waals surface area contributed by atoms with E-state index in [-0.39, 0.29) is 18.4 Å². The quantitative estimate of drug-likeness (QED) is 0.412. The fourth-order valence-electron chi connectivity index (χ4n) is 2.91. The first-order valence-electron chi connectivity index (χ1n) is 9.35. The van der Waals surface area contributed by atoms with Gasteiger partial charge in [-0.25, -0.2) is 4.98 Å². The third-order valence-electron chi connectivity index (χ3n) is 4.32. The number of nitrogens with zero attached hydrogens (tertiary/aromatic N) is 3. The number of hydrogen-bond donors (Lipinski definition) is 2. The fourth-order valence-corrected chi connectivity index (χ4v) is 4.99. The number of aryl methyl sites for hydroxylation is 1. The maximum absolute atomic E-state index is 12.7. The van der Waals surface area contributed by atoms with Crippen molar-refractivity contribution in [2.75, 3.05) is 5.32 Å². The molecule has 2 N–H and O–H groups in total. The molecule has 10 heteroatoms. The van der Waals surface area contributed by atoms with Crippen LogP contribution in [0.4, 0.5) is 5.69 Å². The summed E-state index contributed by atoms with van der Waals surface area (Å²) in [4.78, 5) is 30.8. The van der Waals surface area contributed by atoms with Gasteiger partial charge in [0.2, 0.25) is 5.91 Å². The van der Waals surface area contributed by atoms with E-state index in [4.69, 9.17) is 11.6 Å². The second-order valence-electron chi connectivity index (χ2n) is 6.67. The van der Waals surface area contributed by atoms with Gasteiger partial charge >= 0.3 is 0 Å². The summed E-state index contributed by atoms with van der Waals surface area (Å²) in [5, 5.41) is 10.6. The molecule has 158 valence electrons. The summed E-state index contributed by atoms with van der Waals surface area (Å²) in [6, 6.07) is 12.8. The lowest BCUT2D eigenvalue weighted by atomic mass is 10.2. The highest BCUT2D eigenvalue weighted by Gasteiger charge is 2.17. The van der Waals surface area contributed by atoms with Gasteiger partial charge in [0.05, 0.1) is 14.9 Å². The van der Waals surface area contributed by atoms with E-state index in [0.29, 0.717) is 27.1 Å². The molecule has 1 aromatic carbocycles. The molecule has 0 aliphatic heterocycles. The molecule has 2 amide bonds. The summed E-state index contributed by atoms with van der Waals surface area (Å²) in [5.41, 5.74) is 2.22. The predicted octanol–water partition coefficient (Wildman–Crippen LogP) is 4.60. The van der Waals surface area contributed by atoms with Crippen LogP contribution in [0.25, 0.3) is 9.88 Å². The van der Waals surface area contributed by atoms with Crippen molar-refractivity contribution in [2.45, 2.75) is 20.0 Å². The van der Waals surface area contributed by atoms with Crippen LogP contribution in [0.2, 0.25) is 4.34 Å². The van der Waals surface area contributed by atoms with Crippen molar-refractivity contribution in [1.29, 1.82) is 0 Å². The Balaban J connectivity index is 1.37. The van der Waals surface area contributed by atoms with Crippen molar-refractivity contribution in [3.8, 4) is 9.88 Å². The zero-order chi connectivity index (χ0) is 21.8. The number of nitrogens with one attached hydrogen (secondary N) is 2. The number of amides is 2. The highest BCUT2D eigenvalue weighted by atomic mass is 35.5. The summed E-state index contributed by atoms with van der Waals surface area (Å²) >= 11 is 8.78. The fraction of sp³-hybridized carbons (Fsp3) is 0.143. The number of aromatic nitrogens is 3. The Bertz CT molecular complexity index is 1220. The number of halogens is 1. The smallest absolute Gasteiger partial charge is 0.263 e. The van der Waals surface area contributed by atoms with E-state index in [2.05, 4.69) is 20.7 Å². The molecule has 0 aliphatic carbocycles. The van der Waals surface area contributed by atoms with Crippen LogP contribution in [-0.4, -0.2) is 26.6 Å². The molecule has 4 aromatic rings. The molecule has 0 aliphatic rings. The summed E-state index contributed by atoms with van der Waals surface area (Å²) in [6.07, 6.45) is 3.35. The number of carbonyl (C=O) groups is 2. The predicted molar refractivity (Wildman–Crippen MR) is 124 cm³/mol. The molecule has 0 spiro atoms. The molecule has 0 atom stereocenters. The average molecular weight is 472 g/mol. The average Bonchev–Trinajstić information content (AvgIpc) is 3.48. The van der Waals surface area contributed by atoms with Gasteiger partial charge in [-0.05, 0) is 42.8 Å². The Kier molecular flexibility index (Phi) is 6.45. The van der Waals surface area contributed by atoms with Gasteiger partial charge in [0.15, 0.2) is 0 Å². The van der Waals surface area contributed by atoms with Crippen LogP contribution < -0.4 is 10.6 Å². The van der Waals surface area contributed by atoms with E-state index in [1.807, 2.05) is 37.3 Å². The van der Waals surface area contributed by atoms with Gasteiger partial charge in [-0.1, -0.05) is 23.7 Å². The van der Waals surface area contributed by atoms with Crippen LogP contribution in [0, 0.1) is 6.92 Å². The van der Waals surface area contributed by atoms with E-state index >= 15 is 0 Å². The highest BCUT2D eigenvalue weighted by molar-refractivity contribution is 7.24. The second kappa shape index (κ2) is 9.42. The van der Waals surface area contributed by atoms with Crippen molar-refractivity contribution < 1.29 is 9.59 Å². The van der Waals surface area contributed by atoms with E-state index in [1.54, 1.807) is 29.2 Å². The van der Waals surface area contributed by atoms with E-state index in [1.165, 1.54) is 22.7 Å². The Labute approximate surface area is 191 Å². The van der Waals surface area contributed by atoms with Crippen molar-refractivity contribution >= 4 is 51.8 Å². The second-order valence-corrected chi connectivity index (χ2v) is 9.39. The number of anilines is 1. The van der Waals surface area contributed by atoms with Crippen LogP contribution in [0.1, 0.15) is 20.9 Å². The SMILES string of the molecule is Cc1nc(-c2ccc(Cl)s2)sc1C(=O)NCc1cccc(NC(=O)Cn2cccn2)c1. The zero-order valence-corrected chi connectivity index (χ0v) is 18.9. The van der Waals surface area contributed by atoms with Crippen molar-refractivity contribution in [3.63, 3.8) is 0 Å². The highest BCUT2D eigenvalue weighted by Crippen LogP contribution is 2.34. The van der Waals surface area contributed by atoms with Gasteiger partial charge < -0.3 is 10.6 Å². The van der Waals surface area contributed by atoms with Gasteiger partial charge in [0, 0.05) is 24.6 Å². The molecule has 0 fully saturated rings. The van der Waals surface area contributed by atoms with Gasteiger partial charge in [-0.2, -0.15) is 5.10 Å². The third-order valence-corrected chi connectivity index (χ3v) is 6.87. The summed E-state index contributed by atoms with van der Waals surface area (Å²) in [5.74, 6) is -0.358. The topological polar surface area (TPSA) is 88.9 Å². The minimum Gasteiger partial charge on any atom is -0.347 e. The van der Waals surface area contributed by atoms with Crippen LogP contribution in [-0.2, 0) is 17.9 Å². The normalized spacial score (nSPS) is 10.8. The van der Waals surface area contributed by atoms with E-state index < -0.39 is 0 Å². The Morgan fingerprint density at radius 1 is 1.16 bits per heavy atom. The molecule has 0 saturated carbocycles. The van der Waals surface area contributed by atoms with E-state index in [9.17, 15) is 9.59 Å². The first kappa shape index (κ1) is 21.2. The zero-order valence-electron chi connectivity index (χ0n) is 16.5. The summed E-state index contributed by atoms with van der Waals surface area (Å²) in [6.45, 7) is 2.29. The number of carbonyl (C=O) groups excluding carboxylic acids is 2. The first-order chi connectivity index (χ1) is 15.0. The standard InChI is InChI=1S/C21H18ClN5O2S2/c1-13-19(31-21(25-13)16-6-7-17(22)30-16)20(29)23-11-14-4-2-5-15(10-14)26-18(28)12-27-9-3-8-24-27/h2-10H,11-12H2,1H3,(H,23,29)(H,26,28). The molecule has 31 heavy (non-hydrogen) atoms. The lowest BCUT2D eigenvalue weighted by Gasteiger charge is -2.09. The molecule has 0 bridgehead atoms. The minimum absolute atomic E-state index is 0.135. The molecule has 3 aromatic heterocycles. The molecular weight excluding hydrogens is 454 g/mol. The monoisotopic (exact) mass is 471 g/mol. The third kappa shape index (κ3) is 5.38. The molecule has 3 heterocycles. The van der Waals surface area contributed by atoms with Crippen LogP contribution in [0.15, 0.2) is 54.9 Å². The number of thiazole rings is 1. The largest absolute Gasteiger partial charge is 0.347 e. The number of thiophene rings is 1. The minimum atomic E-state index is -0.183. The number of hydrogen-bond acceptors (Lipinski definition) is 6. The van der Waals surface area contributed by atoms with E-state index in [0.717, 1.165) is 15.4 Å². The Morgan fingerprint density at radius 2 is 2.03 bits per heavy atom. The lowest BCUT2D eigenvalue weighted by molar-refractivity contribution is -0.116. The van der Waals surface area contributed by atoms with Gasteiger partial charge in [0.1, 0.15) is 16.4 Å². The molecule has 0 radical (unpaired) electrons. The summed E-state index contributed by atoms with van der Waals surface area (Å²) < 4.78 is 2.24. The van der Waals surface area contributed by atoms with Gasteiger partial charge in [-0.3, -0.25) is 14.3 Å². The van der Waals surface area contributed by atoms with Crippen LogP contribution in [0.5, 0.6) is 0 Å². The van der Waals surface area contributed by atoms with Crippen molar-refractivity contribution in [3.05, 3.63) is 75.3 Å². The molecule has 4 rings (SSSR count). The van der Waals surface area contributed by atoms with Crippen LogP contribution >= 0.6 is 34.3 Å². The maximum Gasteiger partial charge on any atom is 0.263 e. The Hall–Kier alpha value is -3.01. The van der Waals surface area contributed by atoms with Gasteiger partial charge in [-0.15, -0.1) is 22.7 Å². The maximum atomic E-state index is 12.7. The lowest BCUT2D eigenvalue weighted by Crippen LogP contribution is -2.23. The number of rotatable bonds is 7. The Morgan fingerprint density at radius 3 is 2.77 bits per heavy atom. The molecular formula is C21H18ClN5O2S2. The first-order valence-corrected chi connectivity index (χ1v) is 11.4. The molecule has 0 saturated heterocycles. The van der Waals surface area contributed by atoms with Crippen molar-refractivity contribution in [2.24, 2.45) is 0 Å². The molecule has 7 nitrogen and oxygen atoms in total. The van der Waals surface area contributed by atoms with Gasteiger partial charge in [0.25, 0.3) is 5.91 Å². The van der Waals surface area contributed by atoms with Crippen LogP contribution in [0.3, 0.4) is 0 Å².